The molecule has 3 heterocycles. The van der Waals surface area contributed by atoms with Crippen molar-refractivity contribution in [3.05, 3.63) is 47.5 Å². The Bertz CT molecular complexity index is 857. The lowest BCUT2D eigenvalue weighted by molar-refractivity contribution is 0.147. The molecule has 0 saturated heterocycles. The number of benzene rings is 1. The largest absolute Gasteiger partial charge is 0.367 e. The van der Waals surface area contributed by atoms with Crippen molar-refractivity contribution in [1.29, 1.82) is 0 Å². The topological polar surface area (TPSA) is 71.2 Å². The van der Waals surface area contributed by atoms with E-state index in [1.807, 2.05) is 12.1 Å². The first-order valence-corrected chi connectivity index (χ1v) is 8.81. The molecular formula is C18H23N7. The van der Waals surface area contributed by atoms with Gasteiger partial charge < -0.3 is 5.32 Å². The second kappa shape index (κ2) is 6.76. The van der Waals surface area contributed by atoms with Crippen LogP contribution < -0.4 is 5.32 Å². The van der Waals surface area contributed by atoms with Crippen molar-refractivity contribution in [2.45, 2.75) is 32.9 Å². The molecule has 0 amide bonds. The van der Waals surface area contributed by atoms with Crippen LogP contribution in [0.3, 0.4) is 0 Å². The van der Waals surface area contributed by atoms with E-state index in [2.05, 4.69) is 69.0 Å². The van der Waals surface area contributed by atoms with Gasteiger partial charge in [-0.2, -0.15) is 0 Å². The van der Waals surface area contributed by atoms with E-state index in [0.29, 0.717) is 17.6 Å². The molecule has 0 saturated carbocycles. The van der Waals surface area contributed by atoms with Gasteiger partial charge in [0, 0.05) is 25.7 Å². The maximum atomic E-state index is 4.40. The summed E-state index contributed by atoms with van der Waals surface area (Å²) in [6.07, 6.45) is 1.12. The van der Waals surface area contributed by atoms with Crippen LogP contribution in [0.1, 0.15) is 25.0 Å². The van der Waals surface area contributed by atoms with Crippen LogP contribution in [0, 0.1) is 5.92 Å². The van der Waals surface area contributed by atoms with Gasteiger partial charge in [0.1, 0.15) is 5.82 Å². The molecule has 1 aromatic carbocycles. The summed E-state index contributed by atoms with van der Waals surface area (Å²) in [7, 11) is 0. The molecule has 2 aromatic heterocycles. The normalized spacial score (nSPS) is 16.1. The van der Waals surface area contributed by atoms with Crippen molar-refractivity contribution >= 4 is 11.5 Å². The molecule has 7 heteroatoms. The van der Waals surface area contributed by atoms with E-state index in [0.717, 1.165) is 31.9 Å². The number of nitrogens with zero attached hydrogens (tertiary/aromatic N) is 6. The third kappa shape index (κ3) is 3.32. The highest BCUT2D eigenvalue weighted by molar-refractivity contribution is 5.42. The minimum absolute atomic E-state index is 0.444. The van der Waals surface area contributed by atoms with Crippen LogP contribution in [-0.4, -0.2) is 49.3 Å². The van der Waals surface area contributed by atoms with Crippen LogP contribution in [0.2, 0.25) is 0 Å². The zero-order chi connectivity index (χ0) is 17.2. The van der Waals surface area contributed by atoms with Gasteiger partial charge in [0.25, 0.3) is 0 Å². The minimum atomic E-state index is 0.444. The third-order valence-corrected chi connectivity index (χ3v) is 4.96. The van der Waals surface area contributed by atoms with Crippen LogP contribution in [0.15, 0.2) is 36.4 Å². The number of hydrogen-bond acceptors (Lipinski definition) is 6. The fourth-order valence-electron chi connectivity index (χ4n) is 3.54. The van der Waals surface area contributed by atoms with Crippen LogP contribution in [-0.2, 0) is 13.0 Å². The van der Waals surface area contributed by atoms with Crippen molar-refractivity contribution in [1.82, 2.24) is 30.2 Å². The summed E-state index contributed by atoms with van der Waals surface area (Å²) in [5, 5.41) is 19.2. The Balaban J connectivity index is 1.46. The first-order chi connectivity index (χ1) is 12.2. The van der Waals surface area contributed by atoms with Crippen LogP contribution in [0.4, 0.5) is 5.82 Å². The number of hydrogen-bond donors (Lipinski definition) is 1. The molecule has 7 nitrogen and oxygen atoms in total. The molecule has 25 heavy (non-hydrogen) atoms. The van der Waals surface area contributed by atoms with Crippen LogP contribution >= 0.6 is 0 Å². The Morgan fingerprint density at radius 1 is 1.12 bits per heavy atom. The average molecular weight is 337 g/mol. The van der Waals surface area contributed by atoms with Crippen molar-refractivity contribution < 1.29 is 0 Å². The summed E-state index contributed by atoms with van der Waals surface area (Å²) in [6.45, 7) is 7.53. The molecule has 0 fully saturated rings. The Morgan fingerprint density at radius 3 is 2.80 bits per heavy atom. The average Bonchev–Trinajstić information content (AvgIpc) is 3.09. The fourth-order valence-corrected chi connectivity index (χ4v) is 3.54. The summed E-state index contributed by atoms with van der Waals surface area (Å²) >= 11 is 0. The molecule has 0 radical (unpaired) electrons. The van der Waals surface area contributed by atoms with Gasteiger partial charge >= 0.3 is 0 Å². The minimum Gasteiger partial charge on any atom is -0.367 e. The quantitative estimate of drug-likeness (QED) is 0.768. The van der Waals surface area contributed by atoms with Gasteiger partial charge in [-0.15, -0.1) is 14.8 Å². The second-order valence-electron chi connectivity index (χ2n) is 6.93. The molecule has 1 aliphatic rings. The van der Waals surface area contributed by atoms with Crippen molar-refractivity contribution in [3.8, 4) is 0 Å². The van der Waals surface area contributed by atoms with Gasteiger partial charge in [-0.3, -0.25) is 4.90 Å². The summed E-state index contributed by atoms with van der Waals surface area (Å²) in [4.78, 5) is 2.58. The summed E-state index contributed by atoms with van der Waals surface area (Å²) in [5.74, 6) is 1.34. The second-order valence-corrected chi connectivity index (χ2v) is 6.93. The zero-order valence-corrected chi connectivity index (χ0v) is 14.6. The number of fused-ring (bicyclic) bond motifs is 2. The lowest BCUT2D eigenvalue weighted by Crippen LogP contribution is -2.46. The molecular weight excluding hydrogens is 314 g/mol. The number of aromatic nitrogens is 5. The van der Waals surface area contributed by atoms with E-state index in [4.69, 9.17) is 0 Å². The number of anilines is 1. The highest BCUT2D eigenvalue weighted by Gasteiger charge is 2.25. The number of nitrogens with one attached hydrogen (secondary N) is 1. The van der Waals surface area contributed by atoms with E-state index < -0.39 is 0 Å². The Kier molecular flexibility index (Phi) is 4.31. The summed E-state index contributed by atoms with van der Waals surface area (Å²) in [6, 6.07) is 13.0. The predicted molar refractivity (Wildman–Crippen MR) is 96.2 cm³/mol. The van der Waals surface area contributed by atoms with Crippen LogP contribution in [0.25, 0.3) is 5.65 Å². The molecule has 0 bridgehead atoms. The van der Waals surface area contributed by atoms with Gasteiger partial charge in [-0.25, -0.2) is 0 Å². The van der Waals surface area contributed by atoms with E-state index in [1.165, 1.54) is 15.8 Å². The molecule has 4 rings (SSSR count). The molecule has 130 valence electrons. The Morgan fingerprint density at radius 2 is 1.96 bits per heavy atom. The molecule has 0 unspecified atom stereocenters. The van der Waals surface area contributed by atoms with Gasteiger partial charge in [0.15, 0.2) is 5.65 Å². The van der Waals surface area contributed by atoms with E-state index in [9.17, 15) is 0 Å². The number of tetrazole rings is 1. The molecule has 1 N–H and O–H groups in total. The molecule has 3 aromatic rings. The third-order valence-electron chi connectivity index (χ3n) is 4.96. The van der Waals surface area contributed by atoms with Gasteiger partial charge in [-0.05, 0) is 46.0 Å². The van der Waals surface area contributed by atoms with Crippen LogP contribution in [0.5, 0.6) is 0 Å². The van der Waals surface area contributed by atoms with E-state index >= 15 is 0 Å². The Labute approximate surface area is 147 Å². The van der Waals surface area contributed by atoms with Gasteiger partial charge in [0.05, 0.1) is 0 Å². The maximum absolute atomic E-state index is 4.40. The summed E-state index contributed by atoms with van der Waals surface area (Å²) in [5.41, 5.74) is 3.59. The van der Waals surface area contributed by atoms with Crippen molar-refractivity contribution in [2.75, 3.05) is 18.4 Å². The fraction of sp³-hybridized carbons (Fsp3) is 0.444. The Hall–Kier alpha value is -2.54. The zero-order valence-electron chi connectivity index (χ0n) is 14.6. The van der Waals surface area contributed by atoms with E-state index in [1.54, 1.807) is 0 Å². The molecule has 0 aliphatic carbocycles. The summed E-state index contributed by atoms with van der Waals surface area (Å²) < 4.78 is 1.45. The standard InChI is InChI=1S/C18H23N7/c1-13(2)16(24-10-9-14-5-3-4-6-15(14)12-24)11-19-17-7-8-18-20-22-23-25(18)21-17/h3-8,13,16H,9-12H2,1-2H3,(H,19,21)/t16-/m0/s1. The molecule has 1 aliphatic heterocycles. The lowest BCUT2D eigenvalue weighted by Gasteiger charge is -2.38. The highest BCUT2D eigenvalue weighted by Crippen LogP contribution is 2.23. The highest BCUT2D eigenvalue weighted by atomic mass is 15.6. The predicted octanol–water partition coefficient (Wildman–Crippen LogP) is 2.01. The van der Waals surface area contributed by atoms with Crippen molar-refractivity contribution in [3.63, 3.8) is 0 Å². The van der Waals surface area contributed by atoms with Crippen molar-refractivity contribution in [2.24, 2.45) is 5.92 Å². The van der Waals surface area contributed by atoms with Gasteiger partial charge in [-0.1, -0.05) is 38.1 Å². The smallest absolute Gasteiger partial charge is 0.200 e. The SMILES string of the molecule is CC(C)[C@H](CNc1ccc2nnnn2n1)N1CCc2ccccc2C1. The van der Waals surface area contributed by atoms with E-state index in [-0.39, 0.29) is 0 Å². The molecule has 0 spiro atoms. The monoisotopic (exact) mass is 337 g/mol. The lowest BCUT2D eigenvalue weighted by atomic mass is 9.95. The first-order valence-electron chi connectivity index (χ1n) is 8.81. The first kappa shape index (κ1) is 16.0. The van der Waals surface area contributed by atoms with Gasteiger partial charge in [0.2, 0.25) is 0 Å². The molecule has 1 atom stereocenters. The number of rotatable bonds is 5. The maximum Gasteiger partial charge on any atom is 0.200 e.